The number of piperidine rings is 1. The molecule has 0 aliphatic carbocycles. The van der Waals surface area contributed by atoms with Crippen molar-refractivity contribution in [1.82, 2.24) is 24.3 Å². The van der Waals surface area contributed by atoms with Crippen LogP contribution in [0.15, 0.2) is 109 Å². The fourth-order valence-electron chi connectivity index (χ4n) is 8.15. The largest absolute Gasteiger partial charge is 0.445 e. The van der Waals surface area contributed by atoms with E-state index < -0.39 is 0 Å². The molecule has 8 rings (SSSR count). The number of likely N-dealkylation sites (N-methyl/N-ethyl adjacent to an activating group) is 1. The van der Waals surface area contributed by atoms with Crippen LogP contribution >= 0.6 is 0 Å². The van der Waals surface area contributed by atoms with Crippen molar-refractivity contribution in [1.29, 1.82) is 0 Å². The Bertz CT molecular complexity index is 2150. The molecule has 5 aromatic rings. The molecule has 0 bridgehead atoms. The molecular formula is C42H44N6O3. The molecule has 9 heteroatoms. The number of ether oxygens (including phenoxy) is 1. The van der Waals surface area contributed by atoms with Crippen molar-refractivity contribution in [3.05, 3.63) is 120 Å². The van der Waals surface area contributed by atoms with Crippen molar-refractivity contribution in [2.75, 3.05) is 51.2 Å². The Morgan fingerprint density at radius 1 is 0.863 bits per heavy atom. The number of imidazole rings is 1. The average Bonchev–Trinajstić information content (AvgIpc) is 3.74. The van der Waals surface area contributed by atoms with Crippen LogP contribution in [0.25, 0.3) is 27.1 Å². The number of carbonyl (C=O) groups is 1. The number of fused-ring (bicyclic) bond motifs is 2. The first-order valence-electron chi connectivity index (χ1n) is 18.1. The molecule has 3 aliphatic rings. The number of benzene rings is 4. The SMILES string of the molecule is CC1C(N2CCN(C)CC2)=C(c2cccc3ccccc23)C(=C=O)N1c1cncn1CC1CCN(C(=O)OCc2ccc3ccccc3c2)CC1. The number of aromatic nitrogens is 2. The molecule has 0 saturated carbocycles. The zero-order valence-electron chi connectivity index (χ0n) is 29.4. The summed E-state index contributed by atoms with van der Waals surface area (Å²) in [5, 5.41) is 4.58. The highest BCUT2D eigenvalue weighted by molar-refractivity contribution is 6.05. The fourth-order valence-corrected chi connectivity index (χ4v) is 8.15. The van der Waals surface area contributed by atoms with E-state index in [1.54, 1.807) is 0 Å². The summed E-state index contributed by atoms with van der Waals surface area (Å²) < 4.78 is 7.91. The molecule has 51 heavy (non-hydrogen) atoms. The van der Waals surface area contributed by atoms with E-state index in [0.29, 0.717) is 24.7 Å². The van der Waals surface area contributed by atoms with Crippen molar-refractivity contribution >= 4 is 45.0 Å². The quantitative estimate of drug-likeness (QED) is 0.175. The van der Waals surface area contributed by atoms with E-state index in [9.17, 15) is 9.59 Å². The third-order valence-corrected chi connectivity index (χ3v) is 11.0. The van der Waals surface area contributed by atoms with Gasteiger partial charge in [0.15, 0.2) is 5.94 Å². The summed E-state index contributed by atoms with van der Waals surface area (Å²) >= 11 is 0. The highest BCUT2D eigenvalue weighted by Gasteiger charge is 2.41. The molecule has 4 heterocycles. The van der Waals surface area contributed by atoms with Gasteiger partial charge in [0.05, 0.1) is 18.6 Å². The van der Waals surface area contributed by atoms with Gasteiger partial charge < -0.3 is 28.9 Å². The number of piperazine rings is 1. The van der Waals surface area contributed by atoms with Crippen LogP contribution in [0, 0.1) is 5.92 Å². The van der Waals surface area contributed by atoms with Gasteiger partial charge >= 0.3 is 6.09 Å². The minimum atomic E-state index is -0.264. The van der Waals surface area contributed by atoms with Gasteiger partial charge in [0, 0.05) is 57.1 Å². The first kappa shape index (κ1) is 32.8. The van der Waals surface area contributed by atoms with Crippen molar-refractivity contribution in [2.45, 2.75) is 39.0 Å². The maximum Gasteiger partial charge on any atom is 0.410 e. The Hall–Kier alpha value is -5.37. The number of rotatable bonds is 7. The second-order valence-electron chi connectivity index (χ2n) is 14.1. The topological polar surface area (TPSA) is 74.2 Å². The van der Waals surface area contributed by atoms with Gasteiger partial charge in [-0.05, 0) is 71.5 Å². The summed E-state index contributed by atoms with van der Waals surface area (Å²) in [5.41, 5.74) is 4.72. The molecule has 2 fully saturated rings. The van der Waals surface area contributed by atoms with Gasteiger partial charge in [-0.1, -0.05) is 78.9 Å². The zero-order chi connectivity index (χ0) is 34.9. The normalized spacial score (nSPS) is 19.0. The van der Waals surface area contributed by atoms with Crippen molar-refractivity contribution in [3.63, 3.8) is 0 Å². The number of allylic oxidation sites excluding steroid dienone is 1. The Morgan fingerprint density at radius 3 is 2.37 bits per heavy atom. The first-order chi connectivity index (χ1) is 25.0. The van der Waals surface area contributed by atoms with Crippen LogP contribution in [0.5, 0.6) is 0 Å². The predicted octanol–water partition coefficient (Wildman–Crippen LogP) is 6.82. The van der Waals surface area contributed by atoms with Gasteiger partial charge in [0.1, 0.15) is 18.1 Å². The van der Waals surface area contributed by atoms with E-state index in [4.69, 9.17) is 4.74 Å². The number of anilines is 1. The van der Waals surface area contributed by atoms with Crippen molar-refractivity contribution in [2.24, 2.45) is 5.92 Å². The monoisotopic (exact) mass is 680 g/mol. The zero-order valence-corrected chi connectivity index (χ0v) is 29.4. The van der Waals surface area contributed by atoms with Gasteiger partial charge in [0.25, 0.3) is 0 Å². The Kier molecular flexibility index (Phi) is 9.07. The number of hydrogen-bond acceptors (Lipinski definition) is 7. The molecule has 1 aromatic heterocycles. The second-order valence-corrected chi connectivity index (χ2v) is 14.1. The lowest BCUT2D eigenvalue weighted by Crippen LogP contribution is -2.46. The van der Waals surface area contributed by atoms with Crippen LogP contribution in [0.4, 0.5) is 10.6 Å². The van der Waals surface area contributed by atoms with Gasteiger partial charge in [-0.3, -0.25) is 0 Å². The summed E-state index contributed by atoms with van der Waals surface area (Å²) in [7, 11) is 2.16. The average molecular weight is 681 g/mol. The molecule has 3 aliphatic heterocycles. The van der Waals surface area contributed by atoms with Gasteiger partial charge in [0.2, 0.25) is 0 Å². The molecule has 0 radical (unpaired) electrons. The molecule has 260 valence electrons. The number of likely N-dealkylation sites (tertiary alicyclic amines) is 1. The fraction of sp³-hybridized carbons (Fsp3) is 0.333. The lowest BCUT2D eigenvalue weighted by molar-refractivity contribution is 0.0807. The van der Waals surface area contributed by atoms with Crippen LogP contribution in [-0.2, 0) is 22.7 Å². The van der Waals surface area contributed by atoms with Gasteiger partial charge in [-0.25, -0.2) is 14.6 Å². The van der Waals surface area contributed by atoms with Gasteiger partial charge in [-0.15, -0.1) is 0 Å². The smallest absolute Gasteiger partial charge is 0.410 e. The molecule has 2 saturated heterocycles. The molecule has 1 atom stereocenters. The lowest BCUT2D eigenvalue weighted by atomic mass is 9.95. The highest BCUT2D eigenvalue weighted by atomic mass is 16.6. The summed E-state index contributed by atoms with van der Waals surface area (Å²) in [6, 6.07) is 29.0. The van der Waals surface area contributed by atoms with E-state index >= 15 is 0 Å². The molecule has 1 amide bonds. The molecular weight excluding hydrogens is 637 g/mol. The Balaban J connectivity index is 0.986. The van der Waals surface area contributed by atoms with E-state index in [1.165, 1.54) is 11.1 Å². The van der Waals surface area contributed by atoms with E-state index in [1.807, 2.05) is 35.6 Å². The highest BCUT2D eigenvalue weighted by Crippen LogP contribution is 2.45. The van der Waals surface area contributed by atoms with E-state index in [2.05, 4.69) is 111 Å². The molecule has 1 unspecified atom stereocenters. The minimum Gasteiger partial charge on any atom is -0.445 e. The summed E-state index contributed by atoms with van der Waals surface area (Å²) in [5.74, 6) is 3.65. The maximum atomic E-state index is 13.1. The van der Waals surface area contributed by atoms with Crippen molar-refractivity contribution in [3.8, 4) is 0 Å². The lowest BCUT2D eigenvalue weighted by Gasteiger charge is -2.38. The third kappa shape index (κ3) is 6.39. The molecule has 0 spiro atoms. The van der Waals surface area contributed by atoms with Gasteiger partial charge in [-0.2, -0.15) is 0 Å². The second kappa shape index (κ2) is 14.1. The van der Waals surface area contributed by atoms with Crippen LogP contribution in [0.3, 0.4) is 0 Å². The summed E-state index contributed by atoms with van der Waals surface area (Å²) in [4.78, 5) is 39.5. The van der Waals surface area contributed by atoms with E-state index in [-0.39, 0.29) is 18.7 Å². The Morgan fingerprint density at radius 2 is 1.59 bits per heavy atom. The molecule has 0 N–H and O–H groups in total. The number of carbonyl (C=O) groups excluding carboxylic acids is 2. The standard InChI is InChI=1S/C42H44N6O3/c1-30-41(45-22-20-44(2)21-23-45)40(37-13-7-11-34-9-5-6-12-36(34)37)38(27-49)48(30)39-25-43-29-47(39)26-31-16-18-46(19-17-31)42(50)51-28-32-14-15-33-8-3-4-10-35(33)24-32/h3-15,24-25,29-31H,16-23,26,28H2,1-2H3. The number of hydrogen-bond donors (Lipinski definition) is 0. The number of amides is 1. The summed E-state index contributed by atoms with van der Waals surface area (Å²) in [6.07, 6.45) is 5.21. The van der Waals surface area contributed by atoms with E-state index in [0.717, 1.165) is 84.2 Å². The first-order valence-corrected chi connectivity index (χ1v) is 18.1. The van der Waals surface area contributed by atoms with Crippen LogP contribution in [0.1, 0.15) is 30.9 Å². The maximum absolute atomic E-state index is 13.1. The molecule has 4 aromatic carbocycles. The summed E-state index contributed by atoms with van der Waals surface area (Å²) in [6.45, 7) is 8.21. The Labute approximate surface area is 299 Å². The van der Waals surface area contributed by atoms with Crippen LogP contribution in [0.2, 0.25) is 0 Å². The van der Waals surface area contributed by atoms with Crippen molar-refractivity contribution < 1.29 is 14.3 Å². The van der Waals surface area contributed by atoms with Crippen LogP contribution in [-0.4, -0.2) is 88.6 Å². The molecule has 9 nitrogen and oxygen atoms in total. The minimum absolute atomic E-state index is 0.0894. The number of nitrogens with zero attached hydrogens (tertiary/aromatic N) is 6. The van der Waals surface area contributed by atoms with Crippen LogP contribution < -0.4 is 4.90 Å². The third-order valence-electron chi connectivity index (χ3n) is 11.0. The predicted molar refractivity (Wildman–Crippen MR) is 202 cm³/mol.